The third kappa shape index (κ3) is 9.27. The largest absolute Gasteiger partial charge is 0.363 e. The maximum atomic E-state index is 5.47. The number of rotatable bonds is 9. The molecule has 0 unspecified atom stereocenters. The summed E-state index contributed by atoms with van der Waals surface area (Å²) in [6.45, 7) is 12.8. The fraction of sp³-hybridized carbons (Fsp3) is 0.875. The molecule has 0 atom stereocenters. The first-order valence-corrected chi connectivity index (χ1v) is 9.87. The van der Waals surface area contributed by atoms with E-state index in [0.717, 1.165) is 62.6 Å². The maximum Gasteiger partial charge on any atom is 0.169 e. The highest BCUT2D eigenvalue weighted by molar-refractivity contribution is 7.80. The van der Waals surface area contributed by atoms with Crippen LogP contribution in [-0.4, -0.2) is 67.5 Å². The second-order valence-corrected chi connectivity index (χ2v) is 6.90. The molecule has 1 heterocycles. The molecular formula is C16H34N5S2+. The molecule has 0 radical (unpaired) electrons. The van der Waals surface area contributed by atoms with Crippen LogP contribution in [0.3, 0.4) is 0 Å². The van der Waals surface area contributed by atoms with E-state index in [0.29, 0.717) is 0 Å². The van der Waals surface area contributed by atoms with Gasteiger partial charge in [-0.25, -0.2) is 0 Å². The van der Waals surface area contributed by atoms with Crippen LogP contribution >= 0.6 is 24.4 Å². The minimum atomic E-state index is 0.790. The summed E-state index contributed by atoms with van der Waals surface area (Å²) in [6, 6.07) is 0. The Labute approximate surface area is 152 Å². The van der Waals surface area contributed by atoms with Crippen LogP contribution in [0.15, 0.2) is 0 Å². The van der Waals surface area contributed by atoms with Gasteiger partial charge in [0.15, 0.2) is 10.2 Å². The number of thiocarbonyl (C=S) groups is 2. The van der Waals surface area contributed by atoms with Gasteiger partial charge in [-0.1, -0.05) is 26.7 Å². The molecule has 5 nitrogen and oxygen atoms in total. The predicted octanol–water partition coefficient (Wildman–Crippen LogP) is 0.126. The predicted molar refractivity (Wildman–Crippen MR) is 106 cm³/mol. The van der Waals surface area contributed by atoms with Crippen LogP contribution in [0.2, 0.25) is 0 Å². The van der Waals surface area contributed by atoms with E-state index < -0.39 is 0 Å². The Hall–Kier alpha value is -0.660. The van der Waals surface area contributed by atoms with Gasteiger partial charge >= 0.3 is 0 Å². The first-order valence-electron chi connectivity index (χ1n) is 9.05. The molecule has 0 aromatic heterocycles. The molecule has 0 amide bonds. The molecule has 7 heteroatoms. The van der Waals surface area contributed by atoms with Crippen LogP contribution in [0.25, 0.3) is 0 Å². The highest BCUT2D eigenvalue weighted by Crippen LogP contribution is 1.92. The lowest BCUT2D eigenvalue weighted by atomic mass is 10.3. The van der Waals surface area contributed by atoms with Gasteiger partial charge in [0.05, 0.1) is 39.3 Å². The molecule has 23 heavy (non-hydrogen) atoms. The quantitative estimate of drug-likeness (QED) is 0.346. The van der Waals surface area contributed by atoms with Gasteiger partial charge in [-0.3, -0.25) is 0 Å². The first kappa shape index (κ1) is 20.4. The van der Waals surface area contributed by atoms with Crippen molar-refractivity contribution in [2.24, 2.45) is 0 Å². The fourth-order valence-electron chi connectivity index (χ4n) is 2.55. The van der Waals surface area contributed by atoms with Crippen molar-refractivity contribution in [2.45, 2.75) is 39.5 Å². The molecule has 1 aliphatic rings. The Balaban J connectivity index is 2.07. The van der Waals surface area contributed by atoms with Crippen LogP contribution in [0.5, 0.6) is 0 Å². The Morgan fingerprint density at radius 3 is 2.09 bits per heavy atom. The van der Waals surface area contributed by atoms with Gasteiger partial charge in [0, 0.05) is 13.1 Å². The topological polar surface area (TPSA) is 43.8 Å². The molecule has 0 aromatic carbocycles. The molecule has 134 valence electrons. The van der Waals surface area contributed by atoms with E-state index in [-0.39, 0.29) is 0 Å². The van der Waals surface area contributed by atoms with E-state index in [1.165, 1.54) is 25.7 Å². The van der Waals surface area contributed by atoms with Crippen molar-refractivity contribution in [3.05, 3.63) is 0 Å². The molecule has 0 saturated carbocycles. The Morgan fingerprint density at radius 2 is 1.48 bits per heavy atom. The summed E-state index contributed by atoms with van der Waals surface area (Å²) in [5.74, 6) is 0. The van der Waals surface area contributed by atoms with Gasteiger partial charge < -0.3 is 25.8 Å². The smallest absolute Gasteiger partial charge is 0.169 e. The number of nitrogens with one attached hydrogen (secondary N) is 4. The second-order valence-electron chi connectivity index (χ2n) is 6.11. The lowest BCUT2D eigenvalue weighted by Crippen LogP contribution is -3.15. The highest BCUT2D eigenvalue weighted by Gasteiger charge is 2.21. The average Bonchev–Trinajstić information content (AvgIpc) is 2.56. The summed E-state index contributed by atoms with van der Waals surface area (Å²) in [4.78, 5) is 3.93. The lowest BCUT2D eigenvalue weighted by molar-refractivity contribution is -0.902. The van der Waals surface area contributed by atoms with E-state index in [9.17, 15) is 0 Å². The fourth-order valence-corrected chi connectivity index (χ4v) is 3.04. The van der Waals surface area contributed by atoms with Crippen LogP contribution < -0.4 is 20.9 Å². The standard InChI is InChI=1S/C16H33N5S2/c1-3-5-7-17-15(22)18-9-10-20-11-13-21(14-12-20)16(23)19-8-6-4-2/h3-14H2,1-2H3,(H,19,23)(H2,17,18,22)/p+1. The molecule has 1 saturated heterocycles. The van der Waals surface area contributed by atoms with E-state index in [4.69, 9.17) is 24.4 Å². The molecule has 0 bridgehead atoms. The number of quaternary nitrogens is 1. The Morgan fingerprint density at radius 1 is 0.913 bits per heavy atom. The van der Waals surface area contributed by atoms with Crippen LogP contribution in [-0.2, 0) is 0 Å². The number of unbranched alkanes of at least 4 members (excludes halogenated alkanes) is 2. The van der Waals surface area contributed by atoms with Crippen LogP contribution in [0.1, 0.15) is 39.5 Å². The second kappa shape index (κ2) is 12.7. The zero-order valence-corrected chi connectivity index (χ0v) is 16.4. The third-order valence-electron chi connectivity index (χ3n) is 4.14. The Kier molecular flexibility index (Phi) is 11.3. The van der Waals surface area contributed by atoms with Gasteiger partial charge in [0.1, 0.15) is 0 Å². The first-order chi connectivity index (χ1) is 11.2. The molecule has 0 aliphatic carbocycles. The van der Waals surface area contributed by atoms with E-state index in [2.05, 4.69) is 34.7 Å². The minimum Gasteiger partial charge on any atom is -0.363 e. The highest BCUT2D eigenvalue weighted by atomic mass is 32.1. The number of piperazine rings is 1. The molecule has 1 aliphatic heterocycles. The summed E-state index contributed by atoms with van der Waals surface area (Å²) in [5, 5.41) is 11.6. The zero-order valence-electron chi connectivity index (χ0n) is 14.7. The van der Waals surface area contributed by atoms with Gasteiger partial charge in [-0.05, 0) is 37.3 Å². The molecule has 4 N–H and O–H groups in total. The molecule has 0 aromatic rings. The summed E-state index contributed by atoms with van der Waals surface area (Å²) < 4.78 is 0. The summed E-state index contributed by atoms with van der Waals surface area (Å²) in [6.07, 6.45) is 4.75. The number of nitrogens with zero attached hydrogens (tertiary/aromatic N) is 1. The van der Waals surface area contributed by atoms with Gasteiger partial charge in [-0.2, -0.15) is 0 Å². The summed E-state index contributed by atoms with van der Waals surface area (Å²) in [5.41, 5.74) is 0. The molecular weight excluding hydrogens is 326 g/mol. The van der Waals surface area contributed by atoms with Gasteiger partial charge in [-0.15, -0.1) is 0 Å². The average molecular weight is 361 g/mol. The summed E-state index contributed by atoms with van der Waals surface area (Å²) >= 11 is 10.7. The van der Waals surface area contributed by atoms with Gasteiger partial charge in [0.25, 0.3) is 0 Å². The van der Waals surface area contributed by atoms with Crippen molar-refractivity contribution < 1.29 is 4.90 Å². The minimum absolute atomic E-state index is 0.790. The van der Waals surface area contributed by atoms with Gasteiger partial charge in [0.2, 0.25) is 0 Å². The molecule has 1 fully saturated rings. The molecule has 0 spiro atoms. The Bertz CT molecular complexity index is 341. The maximum absolute atomic E-state index is 5.47. The van der Waals surface area contributed by atoms with Crippen molar-refractivity contribution in [1.82, 2.24) is 20.9 Å². The van der Waals surface area contributed by atoms with Crippen molar-refractivity contribution in [2.75, 3.05) is 52.4 Å². The zero-order chi connectivity index (χ0) is 16.9. The third-order valence-corrected chi connectivity index (χ3v) is 4.84. The normalized spacial score (nSPS) is 15.3. The SMILES string of the molecule is CCCCNC(=S)NCC[NH+]1CCN(C(=S)NCCCC)CC1. The molecule has 1 rings (SSSR count). The van der Waals surface area contributed by atoms with E-state index >= 15 is 0 Å². The lowest BCUT2D eigenvalue weighted by Gasteiger charge is -2.34. The van der Waals surface area contributed by atoms with E-state index in [1.54, 1.807) is 4.90 Å². The number of hydrogen-bond donors (Lipinski definition) is 4. The van der Waals surface area contributed by atoms with Crippen molar-refractivity contribution in [1.29, 1.82) is 0 Å². The van der Waals surface area contributed by atoms with Crippen molar-refractivity contribution in [3.8, 4) is 0 Å². The van der Waals surface area contributed by atoms with Crippen LogP contribution in [0.4, 0.5) is 0 Å². The number of hydrogen-bond acceptors (Lipinski definition) is 2. The van der Waals surface area contributed by atoms with Crippen molar-refractivity contribution in [3.63, 3.8) is 0 Å². The summed E-state index contributed by atoms with van der Waals surface area (Å²) in [7, 11) is 0. The van der Waals surface area contributed by atoms with Crippen molar-refractivity contribution >= 4 is 34.7 Å². The van der Waals surface area contributed by atoms with E-state index in [1.807, 2.05) is 0 Å². The monoisotopic (exact) mass is 360 g/mol. The van der Waals surface area contributed by atoms with Crippen LogP contribution in [0, 0.1) is 0 Å².